The Morgan fingerprint density at radius 1 is 1.50 bits per heavy atom. The zero-order chi connectivity index (χ0) is 14.6. The van der Waals surface area contributed by atoms with Crippen LogP contribution in [0.1, 0.15) is 51.8 Å². The van der Waals surface area contributed by atoms with Crippen molar-refractivity contribution in [1.29, 1.82) is 0 Å². The van der Waals surface area contributed by atoms with E-state index in [0.717, 1.165) is 31.5 Å². The molecule has 1 aliphatic rings. The summed E-state index contributed by atoms with van der Waals surface area (Å²) < 4.78 is 7.88. The van der Waals surface area contributed by atoms with Gasteiger partial charge in [0.2, 0.25) is 0 Å². The molecule has 1 aromatic heterocycles. The number of hydrogen-bond acceptors (Lipinski definition) is 3. The number of carbonyl (C=O) groups is 1. The molecule has 1 heterocycles. The van der Waals surface area contributed by atoms with Gasteiger partial charge in [0, 0.05) is 38.9 Å². The molecule has 0 amide bonds. The molecule has 0 saturated heterocycles. The SMILES string of the molecule is CCOC1(C(=O)CCc2nccn2C)CCC(C)CC1. The van der Waals surface area contributed by atoms with Crippen molar-refractivity contribution in [3.05, 3.63) is 18.2 Å². The van der Waals surface area contributed by atoms with E-state index < -0.39 is 5.60 Å². The Morgan fingerprint density at radius 3 is 2.75 bits per heavy atom. The highest BCUT2D eigenvalue weighted by Gasteiger charge is 2.40. The van der Waals surface area contributed by atoms with Gasteiger partial charge in [-0.05, 0) is 38.5 Å². The summed E-state index contributed by atoms with van der Waals surface area (Å²) >= 11 is 0. The quantitative estimate of drug-likeness (QED) is 0.803. The molecule has 0 bridgehead atoms. The molecular weight excluding hydrogens is 252 g/mol. The van der Waals surface area contributed by atoms with E-state index in [9.17, 15) is 4.79 Å². The molecule has 0 aliphatic heterocycles. The normalized spacial score (nSPS) is 26.6. The lowest BCUT2D eigenvalue weighted by Crippen LogP contribution is -2.45. The summed E-state index contributed by atoms with van der Waals surface area (Å²) in [7, 11) is 1.97. The van der Waals surface area contributed by atoms with Crippen LogP contribution in [0.3, 0.4) is 0 Å². The van der Waals surface area contributed by atoms with Crippen molar-refractivity contribution in [3.8, 4) is 0 Å². The predicted molar refractivity (Wildman–Crippen MR) is 78.5 cm³/mol. The fourth-order valence-corrected chi connectivity index (χ4v) is 3.10. The number of Topliss-reactive ketones (excluding diaryl/α,β-unsaturated/α-hetero) is 1. The Bertz CT molecular complexity index is 445. The molecule has 1 aliphatic carbocycles. The minimum absolute atomic E-state index is 0.259. The van der Waals surface area contributed by atoms with Gasteiger partial charge in [-0.2, -0.15) is 0 Å². The molecule has 4 heteroatoms. The Hall–Kier alpha value is -1.16. The van der Waals surface area contributed by atoms with Crippen molar-refractivity contribution >= 4 is 5.78 Å². The number of hydrogen-bond donors (Lipinski definition) is 0. The molecular formula is C16H26N2O2. The molecule has 20 heavy (non-hydrogen) atoms. The van der Waals surface area contributed by atoms with Crippen LogP contribution in [0.25, 0.3) is 0 Å². The Labute approximate surface area is 121 Å². The third-order valence-corrected chi connectivity index (χ3v) is 4.51. The highest BCUT2D eigenvalue weighted by Crippen LogP contribution is 2.36. The maximum Gasteiger partial charge on any atom is 0.165 e. The molecule has 1 aromatic rings. The van der Waals surface area contributed by atoms with Crippen LogP contribution in [0.2, 0.25) is 0 Å². The molecule has 1 saturated carbocycles. The maximum atomic E-state index is 12.7. The van der Waals surface area contributed by atoms with Crippen molar-refractivity contribution < 1.29 is 9.53 Å². The fraction of sp³-hybridized carbons (Fsp3) is 0.750. The Morgan fingerprint density at radius 2 is 2.20 bits per heavy atom. The van der Waals surface area contributed by atoms with Gasteiger partial charge in [0.05, 0.1) is 0 Å². The molecule has 4 nitrogen and oxygen atoms in total. The average Bonchev–Trinajstić information content (AvgIpc) is 2.84. The van der Waals surface area contributed by atoms with Crippen LogP contribution >= 0.6 is 0 Å². The van der Waals surface area contributed by atoms with E-state index in [2.05, 4.69) is 11.9 Å². The smallest absolute Gasteiger partial charge is 0.165 e. The van der Waals surface area contributed by atoms with Crippen molar-refractivity contribution in [2.45, 2.75) is 58.0 Å². The second kappa shape index (κ2) is 6.53. The molecule has 0 spiro atoms. The zero-order valence-corrected chi connectivity index (χ0v) is 12.9. The van der Waals surface area contributed by atoms with Crippen LogP contribution < -0.4 is 0 Å². The molecule has 2 rings (SSSR count). The van der Waals surface area contributed by atoms with E-state index in [1.807, 2.05) is 24.7 Å². The van der Waals surface area contributed by atoms with Crippen molar-refractivity contribution in [3.63, 3.8) is 0 Å². The van der Waals surface area contributed by atoms with Crippen LogP contribution in [0, 0.1) is 5.92 Å². The Kier molecular flexibility index (Phi) is 4.97. The van der Waals surface area contributed by atoms with Gasteiger partial charge in [-0.25, -0.2) is 4.98 Å². The third kappa shape index (κ3) is 3.29. The largest absolute Gasteiger partial charge is 0.368 e. The summed E-state index contributed by atoms with van der Waals surface area (Å²) in [5.74, 6) is 1.94. The minimum atomic E-state index is -0.521. The summed E-state index contributed by atoms with van der Waals surface area (Å²) in [6.07, 6.45) is 8.86. The van der Waals surface area contributed by atoms with Crippen LogP contribution in [0.4, 0.5) is 0 Å². The van der Waals surface area contributed by atoms with Crippen molar-refractivity contribution in [1.82, 2.24) is 9.55 Å². The predicted octanol–water partition coefficient (Wildman–Crippen LogP) is 2.91. The molecule has 112 valence electrons. The van der Waals surface area contributed by atoms with Crippen LogP contribution in [0.15, 0.2) is 12.4 Å². The summed E-state index contributed by atoms with van der Waals surface area (Å²) in [5.41, 5.74) is -0.521. The van der Waals surface area contributed by atoms with Gasteiger partial charge in [0.15, 0.2) is 5.78 Å². The molecule has 0 aromatic carbocycles. The van der Waals surface area contributed by atoms with Gasteiger partial charge >= 0.3 is 0 Å². The number of imidazole rings is 1. The van der Waals surface area contributed by atoms with Gasteiger partial charge in [0.25, 0.3) is 0 Å². The van der Waals surface area contributed by atoms with Crippen molar-refractivity contribution in [2.75, 3.05) is 6.61 Å². The number of nitrogens with zero attached hydrogens (tertiary/aromatic N) is 2. The van der Waals surface area contributed by atoms with Crippen LogP contribution in [-0.4, -0.2) is 27.5 Å². The molecule has 0 N–H and O–H groups in total. The second-order valence-electron chi connectivity index (χ2n) is 5.99. The van der Waals surface area contributed by atoms with Crippen LogP contribution in [0.5, 0.6) is 0 Å². The van der Waals surface area contributed by atoms with E-state index in [1.165, 1.54) is 0 Å². The summed E-state index contributed by atoms with van der Waals surface area (Å²) in [5, 5.41) is 0. The van der Waals surface area contributed by atoms with Gasteiger partial charge < -0.3 is 9.30 Å². The van der Waals surface area contributed by atoms with Gasteiger partial charge in [-0.1, -0.05) is 6.92 Å². The first-order chi connectivity index (χ1) is 9.57. The minimum Gasteiger partial charge on any atom is -0.368 e. The highest BCUT2D eigenvalue weighted by atomic mass is 16.5. The first-order valence-corrected chi connectivity index (χ1v) is 7.71. The van der Waals surface area contributed by atoms with E-state index in [1.54, 1.807) is 6.20 Å². The number of ether oxygens (including phenoxy) is 1. The maximum absolute atomic E-state index is 12.7. The lowest BCUT2D eigenvalue weighted by molar-refractivity contribution is -0.150. The van der Waals surface area contributed by atoms with Crippen LogP contribution in [-0.2, 0) is 23.0 Å². The lowest BCUT2D eigenvalue weighted by atomic mass is 9.76. The first kappa shape index (κ1) is 15.2. The molecule has 0 atom stereocenters. The second-order valence-corrected chi connectivity index (χ2v) is 5.99. The van der Waals surface area contributed by atoms with Crippen molar-refractivity contribution in [2.24, 2.45) is 13.0 Å². The summed E-state index contributed by atoms with van der Waals surface area (Å²) in [6.45, 7) is 4.85. The summed E-state index contributed by atoms with van der Waals surface area (Å²) in [4.78, 5) is 16.9. The van der Waals surface area contributed by atoms with Gasteiger partial charge in [-0.15, -0.1) is 0 Å². The first-order valence-electron chi connectivity index (χ1n) is 7.71. The van der Waals surface area contributed by atoms with Gasteiger partial charge in [-0.3, -0.25) is 4.79 Å². The number of aromatic nitrogens is 2. The number of rotatable bonds is 6. The fourth-order valence-electron chi connectivity index (χ4n) is 3.10. The zero-order valence-electron chi connectivity index (χ0n) is 12.9. The van der Waals surface area contributed by atoms with E-state index in [0.29, 0.717) is 25.4 Å². The summed E-state index contributed by atoms with van der Waals surface area (Å²) in [6, 6.07) is 0. The molecule has 0 unspecified atom stereocenters. The Balaban J connectivity index is 1.98. The van der Waals surface area contributed by atoms with Gasteiger partial charge in [0.1, 0.15) is 11.4 Å². The monoisotopic (exact) mass is 278 g/mol. The molecule has 0 radical (unpaired) electrons. The number of aryl methyl sites for hydroxylation is 2. The number of ketones is 1. The third-order valence-electron chi connectivity index (χ3n) is 4.51. The topological polar surface area (TPSA) is 44.1 Å². The standard InChI is InChI=1S/C16H26N2O2/c1-4-20-16(9-7-13(2)8-10-16)14(19)5-6-15-17-11-12-18(15)3/h11-13H,4-10H2,1-3H3. The average molecular weight is 278 g/mol. The van der Waals surface area contributed by atoms with E-state index in [4.69, 9.17) is 4.74 Å². The van der Waals surface area contributed by atoms with E-state index >= 15 is 0 Å². The van der Waals surface area contributed by atoms with E-state index in [-0.39, 0.29) is 5.78 Å². The highest BCUT2D eigenvalue weighted by molar-refractivity contribution is 5.87. The lowest BCUT2D eigenvalue weighted by Gasteiger charge is -2.37. The number of carbonyl (C=O) groups excluding carboxylic acids is 1. The molecule has 1 fully saturated rings.